The summed E-state index contributed by atoms with van der Waals surface area (Å²) in [5.41, 5.74) is 4.13. The van der Waals surface area contributed by atoms with E-state index in [1.807, 2.05) is 46.7 Å². The number of halogens is 1. The van der Waals surface area contributed by atoms with E-state index < -0.39 is 0 Å². The van der Waals surface area contributed by atoms with Gasteiger partial charge in [0, 0.05) is 41.4 Å². The Morgan fingerprint density at radius 3 is 2.83 bits per heavy atom. The van der Waals surface area contributed by atoms with Crippen molar-refractivity contribution in [1.82, 2.24) is 15.1 Å². The number of hydrogen-bond donors (Lipinski definition) is 1. The van der Waals surface area contributed by atoms with E-state index in [-0.39, 0.29) is 5.91 Å². The van der Waals surface area contributed by atoms with Crippen molar-refractivity contribution in [2.75, 3.05) is 6.54 Å². The standard InChI is InChI=1S/C17H14ClN3OS/c18-12-5-3-11(4-6-12)16-13-10-21(8-7-14(13)19-20-16)17(22)15-2-1-9-23-15/h1-6,9H,7-8,10H2,(H,19,20). The van der Waals surface area contributed by atoms with Gasteiger partial charge in [-0.05, 0) is 23.6 Å². The molecule has 1 aliphatic heterocycles. The van der Waals surface area contributed by atoms with Crippen molar-refractivity contribution < 1.29 is 4.79 Å². The van der Waals surface area contributed by atoms with E-state index in [0.29, 0.717) is 18.1 Å². The molecule has 0 radical (unpaired) electrons. The summed E-state index contributed by atoms with van der Waals surface area (Å²) >= 11 is 7.44. The smallest absolute Gasteiger partial charge is 0.264 e. The van der Waals surface area contributed by atoms with Crippen molar-refractivity contribution in [1.29, 1.82) is 0 Å². The number of aromatic amines is 1. The molecule has 0 atom stereocenters. The Bertz CT molecular complexity index is 839. The molecule has 2 aromatic heterocycles. The molecule has 4 rings (SSSR count). The van der Waals surface area contributed by atoms with Crippen molar-refractivity contribution in [3.63, 3.8) is 0 Å². The van der Waals surface area contributed by atoms with Crippen LogP contribution in [0, 0.1) is 0 Å². The van der Waals surface area contributed by atoms with Crippen LogP contribution in [0.25, 0.3) is 11.3 Å². The maximum atomic E-state index is 12.6. The third-order valence-corrected chi connectivity index (χ3v) is 5.18. The number of hydrogen-bond acceptors (Lipinski definition) is 3. The van der Waals surface area contributed by atoms with Crippen molar-refractivity contribution in [2.45, 2.75) is 13.0 Å². The number of rotatable bonds is 2. The highest BCUT2D eigenvalue weighted by molar-refractivity contribution is 7.12. The molecule has 0 aliphatic carbocycles. The second-order valence-electron chi connectivity index (χ2n) is 5.49. The summed E-state index contributed by atoms with van der Waals surface area (Å²) in [5, 5.41) is 10.2. The lowest BCUT2D eigenvalue weighted by Gasteiger charge is -2.26. The first-order chi connectivity index (χ1) is 11.2. The van der Waals surface area contributed by atoms with E-state index in [9.17, 15) is 4.79 Å². The quantitative estimate of drug-likeness (QED) is 0.764. The van der Waals surface area contributed by atoms with Crippen LogP contribution < -0.4 is 0 Å². The Balaban J connectivity index is 1.65. The minimum atomic E-state index is 0.0916. The number of nitrogens with zero attached hydrogens (tertiary/aromatic N) is 2. The zero-order valence-electron chi connectivity index (χ0n) is 12.3. The van der Waals surface area contributed by atoms with Gasteiger partial charge in [0.1, 0.15) is 0 Å². The molecule has 116 valence electrons. The molecule has 1 N–H and O–H groups in total. The topological polar surface area (TPSA) is 49.0 Å². The third-order valence-electron chi connectivity index (χ3n) is 4.07. The Morgan fingerprint density at radius 1 is 1.26 bits per heavy atom. The number of carbonyl (C=O) groups is 1. The number of nitrogens with one attached hydrogen (secondary N) is 1. The van der Waals surface area contributed by atoms with Crippen LogP contribution in [0.15, 0.2) is 41.8 Å². The molecule has 0 saturated heterocycles. The van der Waals surface area contributed by atoms with E-state index in [4.69, 9.17) is 11.6 Å². The molecule has 6 heteroatoms. The molecule has 1 aliphatic rings. The van der Waals surface area contributed by atoms with Gasteiger partial charge in [0.2, 0.25) is 0 Å². The highest BCUT2D eigenvalue weighted by atomic mass is 35.5. The molecule has 3 heterocycles. The molecule has 1 amide bonds. The maximum Gasteiger partial charge on any atom is 0.264 e. The average molecular weight is 344 g/mol. The van der Waals surface area contributed by atoms with Crippen LogP contribution in [0.3, 0.4) is 0 Å². The number of thiophene rings is 1. The minimum absolute atomic E-state index is 0.0916. The van der Waals surface area contributed by atoms with Crippen molar-refractivity contribution in [2.24, 2.45) is 0 Å². The van der Waals surface area contributed by atoms with E-state index in [2.05, 4.69) is 10.2 Å². The van der Waals surface area contributed by atoms with Crippen LogP contribution >= 0.6 is 22.9 Å². The summed E-state index contributed by atoms with van der Waals surface area (Å²) < 4.78 is 0. The van der Waals surface area contributed by atoms with Crippen LogP contribution in [0.4, 0.5) is 0 Å². The van der Waals surface area contributed by atoms with Gasteiger partial charge >= 0.3 is 0 Å². The Labute approximate surface area is 142 Å². The molecular formula is C17H14ClN3OS. The molecule has 0 bridgehead atoms. The van der Waals surface area contributed by atoms with Gasteiger partial charge in [-0.25, -0.2) is 0 Å². The Kier molecular flexibility index (Phi) is 3.67. The predicted molar refractivity (Wildman–Crippen MR) is 91.8 cm³/mol. The number of aromatic nitrogens is 2. The number of H-pyrrole nitrogens is 1. The molecule has 0 spiro atoms. The lowest BCUT2D eigenvalue weighted by molar-refractivity contribution is 0.0739. The number of fused-ring (bicyclic) bond motifs is 1. The van der Waals surface area contributed by atoms with Crippen LogP contribution in [-0.2, 0) is 13.0 Å². The summed E-state index contributed by atoms with van der Waals surface area (Å²) in [6.45, 7) is 1.30. The first-order valence-electron chi connectivity index (χ1n) is 7.37. The second-order valence-corrected chi connectivity index (χ2v) is 6.87. The molecule has 1 aromatic carbocycles. The van der Waals surface area contributed by atoms with E-state index >= 15 is 0 Å². The molecule has 23 heavy (non-hydrogen) atoms. The summed E-state index contributed by atoms with van der Waals surface area (Å²) in [5.74, 6) is 0.0916. The molecule has 3 aromatic rings. The number of amides is 1. The maximum absolute atomic E-state index is 12.6. The van der Waals surface area contributed by atoms with Gasteiger partial charge in [0.15, 0.2) is 0 Å². The molecule has 0 fully saturated rings. The SMILES string of the molecule is O=C(c1cccs1)N1CCc2[nH]nc(-c3ccc(Cl)cc3)c2C1. The predicted octanol–water partition coefficient (Wildman–Crippen LogP) is 3.99. The highest BCUT2D eigenvalue weighted by Gasteiger charge is 2.26. The molecule has 0 unspecified atom stereocenters. The van der Waals surface area contributed by atoms with Gasteiger partial charge < -0.3 is 4.90 Å². The fraction of sp³-hybridized carbons (Fsp3) is 0.176. The van der Waals surface area contributed by atoms with Gasteiger partial charge in [0.25, 0.3) is 5.91 Å². The third kappa shape index (κ3) is 2.66. The molecule has 4 nitrogen and oxygen atoms in total. The molecule has 0 saturated carbocycles. The first-order valence-corrected chi connectivity index (χ1v) is 8.63. The zero-order chi connectivity index (χ0) is 15.8. The lowest BCUT2D eigenvalue weighted by atomic mass is 10.0. The van der Waals surface area contributed by atoms with Gasteiger partial charge in [-0.1, -0.05) is 29.8 Å². The fourth-order valence-corrected chi connectivity index (χ4v) is 3.69. The number of carbonyl (C=O) groups excluding carboxylic acids is 1. The van der Waals surface area contributed by atoms with Crippen molar-refractivity contribution >= 4 is 28.8 Å². The summed E-state index contributed by atoms with van der Waals surface area (Å²) in [6, 6.07) is 11.4. The van der Waals surface area contributed by atoms with Crippen LogP contribution in [-0.4, -0.2) is 27.5 Å². The summed E-state index contributed by atoms with van der Waals surface area (Å²) in [7, 11) is 0. The van der Waals surface area contributed by atoms with Crippen molar-refractivity contribution in [3.05, 3.63) is 62.9 Å². The largest absolute Gasteiger partial charge is 0.333 e. The van der Waals surface area contributed by atoms with Crippen molar-refractivity contribution in [3.8, 4) is 11.3 Å². The Morgan fingerprint density at radius 2 is 2.09 bits per heavy atom. The fourth-order valence-electron chi connectivity index (χ4n) is 2.87. The van der Waals surface area contributed by atoms with E-state index in [1.54, 1.807) is 0 Å². The summed E-state index contributed by atoms with van der Waals surface area (Å²) in [6.07, 6.45) is 0.799. The average Bonchev–Trinajstić information content (AvgIpc) is 3.24. The first kappa shape index (κ1) is 14.5. The van der Waals surface area contributed by atoms with Gasteiger partial charge in [-0.2, -0.15) is 5.10 Å². The van der Waals surface area contributed by atoms with Crippen LogP contribution in [0.1, 0.15) is 20.9 Å². The molecular weight excluding hydrogens is 330 g/mol. The van der Waals surface area contributed by atoms with Gasteiger partial charge in [0.05, 0.1) is 10.6 Å². The monoisotopic (exact) mass is 343 g/mol. The van der Waals surface area contributed by atoms with E-state index in [1.165, 1.54) is 11.3 Å². The van der Waals surface area contributed by atoms with Gasteiger partial charge in [-0.15, -0.1) is 11.3 Å². The normalized spacial score (nSPS) is 13.9. The second kappa shape index (κ2) is 5.83. The number of benzene rings is 1. The van der Waals surface area contributed by atoms with Crippen LogP contribution in [0.2, 0.25) is 5.02 Å². The lowest BCUT2D eigenvalue weighted by Crippen LogP contribution is -2.35. The van der Waals surface area contributed by atoms with E-state index in [0.717, 1.165) is 33.8 Å². The Hall–Kier alpha value is -2.11. The zero-order valence-corrected chi connectivity index (χ0v) is 13.8. The highest BCUT2D eigenvalue weighted by Crippen LogP contribution is 2.30. The van der Waals surface area contributed by atoms with Crippen LogP contribution in [0.5, 0.6) is 0 Å². The van der Waals surface area contributed by atoms with Gasteiger partial charge in [-0.3, -0.25) is 9.89 Å². The minimum Gasteiger partial charge on any atom is -0.333 e. The summed E-state index contributed by atoms with van der Waals surface area (Å²) in [4.78, 5) is 15.2.